The number of carboxylic acid groups (broad SMARTS) is 1. The van der Waals surface area contributed by atoms with E-state index in [1.165, 1.54) is 18.4 Å². The second kappa shape index (κ2) is 5.75. The van der Waals surface area contributed by atoms with Crippen LogP contribution in [0.2, 0.25) is 0 Å². The summed E-state index contributed by atoms with van der Waals surface area (Å²) in [6.45, 7) is 1.47. The highest BCUT2D eigenvalue weighted by Gasteiger charge is 2.29. The van der Waals surface area contributed by atoms with Crippen LogP contribution in [0.5, 0.6) is 0 Å². The maximum Gasteiger partial charge on any atom is 0.334 e. The Hall–Kier alpha value is -1.69. The van der Waals surface area contributed by atoms with Gasteiger partial charge in [0.25, 0.3) is 0 Å². The number of nitrogens with zero attached hydrogens (tertiary/aromatic N) is 3. The summed E-state index contributed by atoms with van der Waals surface area (Å²) in [6, 6.07) is 0. The molecule has 6 heteroatoms. The lowest BCUT2D eigenvalue weighted by Gasteiger charge is -2.33. The Kier molecular flexibility index (Phi) is 3.82. The summed E-state index contributed by atoms with van der Waals surface area (Å²) in [5.41, 5.74) is 2.34. The van der Waals surface area contributed by atoms with Crippen molar-refractivity contribution in [3.8, 4) is 0 Å². The molecule has 2 heterocycles. The van der Waals surface area contributed by atoms with Gasteiger partial charge in [-0.25, -0.2) is 14.8 Å². The SMILES string of the molecule is O=C(O)C1CN(c2ncnc3c2CCCCC3)CCO1. The number of aryl methyl sites for hydroxylation is 1. The highest BCUT2D eigenvalue weighted by molar-refractivity contribution is 5.73. The predicted octanol–water partition coefficient (Wildman–Crippen LogP) is 1.04. The minimum absolute atomic E-state index is 0.360. The molecule has 1 saturated heterocycles. The van der Waals surface area contributed by atoms with Crippen LogP contribution in [-0.4, -0.2) is 46.8 Å². The number of morpholine rings is 1. The molecule has 2 aliphatic rings. The third-order valence-corrected chi connectivity index (χ3v) is 3.99. The number of carboxylic acids is 1. The zero-order valence-electron chi connectivity index (χ0n) is 11.4. The molecule has 0 spiro atoms. The van der Waals surface area contributed by atoms with Crippen molar-refractivity contribution in [2.75, 3.05) is 24.6 Å². The Bertz CT molecular complexity index is 506. The fourth-order valence-electron chi connectivity index (χ4n) is 2.94. The van der Waals surface area contributed by atoms with Gasteiger partial charge in [0.2, 0.25) is 0 Å². The van der Waals surface area contributed by atoms with Crippen molar-refractivity contribution in [1.29, 1.82) is 0 Å². The lowest BCUT2D eigenvalue weighted by atomic mass is 10.1. The fourth-order valence-corrected chi connectivity index (χ4v) is 2.94. The molecule has 1 atom stereocenters. The van der Waals surface area contributed by atoms with E-state index >= 15 is 0 Å². The van der Waals surface area contributed by atoms with E-state index in [1.807, 2.05) is 4.90 Å². The molecular weight excluding hydrogens is 258 g/mol. The van der Waals surface area contributed by atoms with Crippen molar-refractivity contribution in [1.82, 2.24) is 9.97 Å². The first-order valence-corrected chi connectivity index (χ1v) is 7.18. The Morgan fingerprint density at radius 1 is 1.30 bits per heavy atom. The Balaban J connectivity index is 1.88. The highest BCUT2D eigenvalue weighted by Crippen LogP contribution is 2.27. The summed E-state index contributed by atoms with van der Waals surface area (Å²) in [4.78, 5) is 21.9. The van der Waals surface area contributed by atoms with Gasteiger partial charge in [-0.3, -0.25) is 0 Å². The molecule has 1 aliphatic carbocycles. The van der Waals surface area contributed by atoms with Gasteiger partial charge in [-0.05, 0) is 25.7 Å². The quantitative estimate of drug-likeness (QED) is 0.814. The van der Waals surface area contributed by atoms with Gasteiger partial charge in [-0.1, -0.05) is 6.42 Å². The van der Waals surface area contributed by atoms with Crippen molar-refractivity contribution < 1.29 is 14.6 Å². The molecule has 0 bridgehead atoms. The van der Waals surface area contributed by atoms with Crippen LogP contribution >= 0.6 is 0 Å². The van der Waals surface area contributed by atoms with Crippen LogP contribution in [0.1, 0.15) is 30.5 Å². The molecule has 108 valence electrons. The van der Waals surface area contributed by atoms with Gasteiger partial charge < -0.3 is 14.7 Å². The number of aliphatic carboxylic acids is 1. The lowest BCUT2D eigenvalue weighted by Crippen LogP contribution is -2.46. The monoisotopic (exact) mass is 277 g/mol. The van der Waals surface area contributed by atoms with Crippen molar-refractivity contribution in [2.45, 2.75) is 38.2 Å². The van der Waals surface area contributed by atoms with E-state index in [2.05, 4.69) is 9.97 Å². The number of aromatic nitrogens is 2. The first-order valence-electron chi connectivity index (χ1n) is 7.18. The highest BCUT2D eigenvalue weighted by atomic mass is 16.5. The van der Waals surface area contributed by atoms with E-state index in [9.17, 15) is 4.79 Å². The van der Waals surface area contributed by atoms with Crippen LogP contribution in [0.4, 0.5) is 5.82 Å². The van der Waals surface area contributed by atoms with Crippen molar-refractivity contribution in [2.24, 2.45) is 0 Å². The van der Waals surface area contributed by atoms with Crippen LogP contribution in [-0.2, 0) is 22.4 Å². The molecule has 0 saturated carbocycles. The molecule has 6 nitrogen and oxygen atoms in total. The van der Waals surface area contributed by atoms with Crippen LogP contribution < -0.4 is 4.90 Å². The molecular formula is C14H19N3O3. The van der Waals surface area contributed by atoms with Crippen LogP contribution in [0, 0.1) is 0 Å². The number of fused-ring (bicyclic) bond motifs is 1. The molecule has 1 aromatic heterocycles. The molecule has 1 fully saturated rings. The van der Waals surface area contributed by atoms with E-state index in [-0.39, 0.29) is 0 Å². The molecule has 1 aliphatic heterocycles. The summed E-state index contributed by atoms with van der Waals surface area (Å²) in [6.07, 6.45) is 6.37. The molecule has 3 rings (SSSR count). The van der Waals surface area contributed by atoms with Gasteiger partial charge in [0.15, 0.2) is 6.10 Å². The maximum atomic E-state index is 11.1. The molecule has 0 radical (unpaired) electrons. The number of rotatable bonds is 2. The van der Waals surface area contributed by atoms with Gasteiger partial charge in [-0.2, -0.15) is 0 Å². The van der Waals surface area contributed by atoms with Gasteiger partial charge in [0.05, 0.1) is 13.2 Å². The number of carbonyl (C=O) groups is 1. The number of anilines is 1. The lowest BCUT2D eigenvalue weighted by molar-refractivity contribution is -0.150. The molecule has 20 heavy (non-hydrogen) atoms. The Morgan fingerprint density at radius 3 is 3.00 bits per heavy atom. The minimum Gasteiger partial charge on any atom is -0.479 e. The predicted molar refractivity (Wildman–Crippen MR) is 72.9 cm³/mol. The zero-order valence-corrected chi connectivity index (χ0v) is 11.4. The third-order valence-electron chi connectivity index (χ3n) is 3.99. The van der Waals surface area contributed by atoms with E-state index in [4.69, 9.17) is 9.84 Å². The molecule has 1 unspecified atom stereocenters. The van der Waals surface area contributed by atoms with Gasteiger partial charge in [0, 0.05) is 17.8 Å². The van der Waals surface area contributed by atoms with Gasteiger partial charge in [-0.15, -0.1) is 0 Å². The fraction of sp³-hybridized carbons (Fsp3) is 0.643. The molecule has 1 N–H and O–H groups in total. The summed E-state index contributed by atoms with van der Waals surface area (Å²) in [7, 11) is 0. The summed E-state index contributed by atoms with van der Waals surface area (Å²) >= 11 is 0. The van der Waals surface area contributed by atoms with Crippen molar-refractivity contribution in [3.63, 3.8) is 0 Å². The summed E-state index contributed by atoms with van der Waals surface area (Å²) in [5, 5.41) is 9.10. The van der Waals surface area contributed by atoms with Crippen LogP contribution in [0.15, 0.2) is 6.33 Å². The standard InChI is InChI=1S/C14H19N3O3/c18-14(19)12-8-17(6-7-20-12)13-10-4-2-1-3-5-11(10)15-9-16-13/h9,12H,1-8H2,(H,18,19). The topological polar surface area (TPSA) is 75.5 Å². The first-order chi connectivity index (χ1) is 9.75. The second-order valence-electron chi connectivity index (χ2n) is 5.33. The number of hydrogen-bond donors (Lipinski definition) is 1. The summed E-state index contributed by atoms with van der Waals surface area (Å²) in [5.74, 6) is 0.00120. The van der Waals surface area contributed by atoms with Crippen molar-refractivity contribution in [3.05, 3.63) is 17.6 Å². The first kappa shape index (κ1) is 13.3. The third kappa shape index (κ3) is 2.60. The van der Waals surface area contributed by atoms with Crippen LogP contribution in [0.3, 0.4) is 0 Å². The molecule has 0 aromatic carbocycles. The average Bonchev–Trinajstić information content (AvgIpc) is 2.72. The summed E-state index contributed by atoms with van der Waals surface area (Å²) < 4.78 is 5.28. The largest absolute Gasteiger partial charge is 0.479 e. The van der Waals surface area contributed by atoms with Crippen molar-refractivity contribution >= 4 is 11.8 Å². The normalized spacial score (nSPS) is 23.0. The second-order valence-corrected chi connectivity index (χ2v) is 5.33. The van der Waals surface area contributed by atoms with Crippen LogP contribution in [0.25, 0.3) is 0 Å². The van der Waals surface area contributed by atoms with Gasteiger partial charge >= 0.3 is 5.97 Å². The maximum absolute atomic E-state index is 11.1. The number of ether oxygens (including phenoxy) is 1. The smallest absolute Gasteiger partial charge is 0.334 e. The minimum atomic E-state index is -0.908. The average molecular weight is 277 g/mol. The van der Waals surface area contributed by atoms with E-state index in [1.54, 1.807) is 6.33 Å². The Labute approximate surface area is 117 Å². The number of hydrogen-bond acceptors (Lipinski definition) is 5. The molecule has 0 amide bonds. The van der Waals surface area contributed by atoms with Gasteiger partial charge in [0.1, 0.15) is 12.1 Å². The van der Waals surface area contributed by atoms with E-state index in [0.717, 1.165) is 30.8 Å². The zero-order chi connectivity index (χ0) is 13.9. The Morgan fingerprint density at radius 2 is 2.15 bits per heavy atom. The molecule has 1 aromatic rings. The van der Waals surface area contributed by atoms with E-state index < -0.39 is 12.1 Å². The van der Waals surface area contributed by atoms with E-state index in [0.29, 0.717) is 19.7 Å².